The van der Waals surface area contributed by atoms with Crippen molar-refractivity contribution in [2.75, 3.05) is 26.6 Å². The van der Waals surface area contributed by atoms with Crippen molar-refractivity contribution in [3.8, 4) is 17.2 Å². The molecule has 0 bridgehead atoms. The summed E-state index contributed by atoms with van der Waals surface area (Å²) in [5.74, 6) is -0.0526. The minimum absolute atomic E-state index is 0.445. The first kappa shape index (κ1) is 20.8. The molecular formula is C20H23N3O5. The molecule has 148 valence electrons. The second-order valence-corrected chi connectivity index (χ2v) is 5.78. The van der Waals surface area contributed by atoms with E-state index in [0.717, 1.165) is 0 Å². The Balaban J connectivity index is 1.94. The maximum atomic E-state index is 12.2. The number of methoxy groups -OCH3 is 3. The Hall–Kier alpha value is -3.55. The molecule has 28 heavy (non-hydrogen) atoms. The number of anilines is 1. The Morgan fingerprint density at radius 3 is 2.18 bits per heavy atom. The van der Waals surface area contributed by atoms with Crippen LogP contribution < -0.4 is 25.0 Å². The number of carbonyl (C=O) groups is 2. The van der Waals surface area contributed by atoms with Crippen LogP contribution in [0.3, 0.4) is 0 Å². The van der Waals surface area contributed by atoms with Crippen molar-refractivity contribution < 1.29 is 23.8 Å². The van der Waals surface area contributed by atoms with Gasteiger partial charge in [-0.25, -0.2) is 5.43 Å². The predicted octanol–water partition coefficient (Wildman–Crippen LogP) is 2.44. The SMILES string of the molecule is COc1ccc(NC(=O)C(C)C(=O)NN=Cc2ccc(OC)cc2OC)cc1. The zero-order chi connectivity index (χ0) is 20.5. The molecule has 1 unspecified atom stereocenters. The van der Waals surface area contributed by atoms with Crippen molar-refractivity contribution in [3.05, 3.63) is 48.0 Å². The minimum atomic E-state index is -0.933. The molecule has 0 aliphatic heterocycles. The molecule has 0 saturated carbocycles. The van der Waals surface area contributed by atoms with E-state index < -0.39 is 17.7 Å². The lowest BCUT2D eigenvalue weighted by atomic mass is 10.1. The van der Waals surface area contributed by atoms with Gasteiger partial charge >= 0.3 is 0 Å². The van der Waals surface area contributed by atoms with E-state index in [1.807, 2.05) is 0 Å². The lowest BCUT2D eigenvalue weighted by molar-refractivity contribution is -0.131. The smallest absolute Gasteiger partial charge is 0.252 e. The van der Waals surface area contributed by atoms with Gasteiger partial charge in [0.1, 0.15) is 23.2 Å². The van der Waals surface area contributed by atoms with Crippen LogP contribution in [0.25, 0.3) is 0 Å². The van der Waals surface area contributed by atoms with Gasteiger partial charge in [0.15, 0.2) is 0 Å². The van der Waals surface area contributed by atoms with Gasteiger partial charge in [-0.3, -0.25) is 9.59 Å². The fourth-order valence-electron chi connectivity index (χ4n) is 2.23. The fourth-order valence-corrected chi connectivity index (χ4v) is 2.23. The predicted molar refractivity (Wildman–Crippen MR) is 106 cm³/mol. The Morgan fingerprint density at radius 1 is 0.929 bits per heavy atom. The van der Waals surface area contributed by atoms with Crippen LogP contribution in [0.1, 0.15) is 12.5 Å². The zero-order valence-corrected chi connectivity index (χ0v) is 16.2. The van der Waals surface area contributed by atoms with Crippen LogP contribution in [-0.2, 0) is 9.59 Å². The lowest BCUT2D eigenvalue weighted by Gasteiger charge is -2.11. The number of carbonyl (C=O) groups excluding carboxylic acids is 2. The van der Waals surface area contributed by atoms with E-state index in [9.17, 15) is 9.59 Å². The van der Waals surface area contributed by atoms with Gasteiger partial charge in [-0.15, -0.1) is 0 Å². The van der Waals surface area contributed by atoms with Crippen LogP contribution in [0.4, 0.5) is 5.69 Å². The Labute approximate surface area is 163 Å². The number of hydrazone groups is 1. The fraction of sp³-hybridized carbons (Fsp3) is 0.250. The average Bonchev–Trinajstić information content (AvgIpc) is 2.73. The molecule has 0 spiro atoms. The highest BCUT2D eigenvalue weighted by atomic mass is 16.5. The summed E-state index contributed by atoms with van der Waals surface area (Å²) in [5, 5.41) is 6.57. The summed E-state index contributed by atoms with van der Waals surface area (Å²) in [4.78, 5) is 24.4. The quantitative estimate of drug-likeness (QED) is 0.413. The number of amides is 2. The highest BCUT2D eigenvalue weighted by Crippen LogP contribution is 2.23. The van der Waals surface area contributed by atoms with E-state index in [1.54, 1.807) is 56.7 Å². The summed E-state index contributed by atoms with van der Waals surface area (Å²) in [6.07, 6.45) is 1.43. The Morgan fingerprint density at radius 2 is 1.57 bits per heavy atom. The Bertz CT molecular complexity index is 849. The van der Waals surface area contributed by atoms with Gasteiger partial charge in [-0.2, -0.15) is 5.10 Å². The van der Waals surface area contributed by atoms with Crippen LogP contribution in [0.15, 0.2) is 47.6 Å². The molecule has 2 rings (SSSR count). The molecule has 1 atom stereocenters. The number of ether oxygens (including phenoxy) is 3. The van der Waals surface area contributed by atoms with E-state index in [2.05, 4.69) is 15.8 Å². The molecule has 0 fully saturated rings. The molecule has 2 aromatic rings. The molecule has 0 aliphatic carbocycles. The number of rotatable bonds is 8. The summed E-state index contributed by atoms with van der Waals surface area (Å²) >= 11 is 0. The van der Waals surface area contributed by atoms with Crippen LogP contribution in [0, 0.1) is 5.92 Å². The van der Waals surface area contributed by atoms with Crippen molar-refractivity contribution in [2.45, 2.75) is 6.92 Å². The summed E-state index contributed by atoms with van der Waals surface area (Å²) in [6, 6.07) is 12.0. The van der Waals surface area contributed by atoms with E-state index in [0.29, 0.717) is 28.5 Å². The molecule has 0 saturated heterocycles. The molecule has 2 amide bonds. The minimum Gasteiger partial charge on any atom is -0.497 e. The molecule has 2 aromatic carbocycles. The first-order chi connectivity index (χ1) is 13.5. The second kappa shape index (κ2) is 9.96. The van der Waals surface area contributed by atoms with E-state index in [1.165, 1.54) is 20.2 Å². The Kier molecular flexibility index (Phi) is 7.38. The van der Waals surface area contributed by atoms with Crippen LogP contribution in [0.5, 0.6) is 17.2 Å². The number of hydrogen-bond acceptors (Lipinski definition) is 6. The van der Waals surface area contributed by atoms with Gasteiger partial charge in [0.25, 0.3) is 5.91 Å². The molecule has 2 N–H and O–H groups in total. The van der Waals surface area contributed by atoms with E-state index in [-0.39, 0.29) is 0 Å². The highest BCUT2D eigenvalue weighted by molar-refractivity contribution is 6.06. The number of hydrogen-bond donors (Lipinski definition) is 2. The third kappa shape index (κ3) is 5.47. The van der Waals surface area contributed by atoms with Gasteiger partial charge < -0.3 is 19.5 Å². The zero-order valence-electron chi connectivity index (χ0n) is 16.2. The van der Waals surface area contributed by atoms with Crippen molar-refractivity contribution in [1.29, 1.82) is 0 Å². The van der Waals surface area contributed by atoms with Gasteiger partial charge in [0, 0.05) is 17.3 Å². The second-order valence-electron chi connectivity index (χ2n) is 5.78. The molecule has 0 radical (unpaired) electrons. The maximum Gasteiger partial charge on any atom is 0.252 e. The van der Waals surface area contributed by atoms with Crippen molar-refractivity contribution in [3.63, 3.8) is 0 Å². The first-order valence-corrected chi connectivity index (χ1v) is 8.48. The third-order valence-corrected chi connectivity index (χ3v) is 3.96. The van der Waals surface area contributed by atoms with Crippen LogP contribution >= 0.6 is 0 Å². The highest BCUT2D eigenvalue weighted by Gasteiger charge is 2.21. The third-order valence-electron chi connectivity index (χ3n) is 3.96. The van der Waals surface area contributed by atoms with E-state index >= 15 is 0 Å². The molecule has 0 aliphatic rings. The van der Waals surface area contributed by atoms with Gasteiger partial charge in [-0.05, 0) is 43.3 Å². The van der Waals surface area contributed by atoms with Crippen LogP contribution in [-0.4, -0.2) is 39.4 Å². The largest absolute Gasteiger partial charge is 0.497 e. The van der Waals surface area contributed by atoms with Crippen LogP contribution in [0.2, 0.25) is 0 Å². The maximum absolute atomic E-state index is 12.2. The number of benzene rings is 2. The van der Waals surface area contributed by atoms with Crippen molar-refractivity contribution in [1.82, 2.24) is 5.43 Å². The number of nitrogens with one attached hydrogen (secondary N) is 2. The summed E-state index contributed by atoms with van der Waals surface area (Å²) in [5.41, 5.74) is 3.58. The normalized spacial score (nSPS) is 11.6. The average molecular weight is 385 g/mol. The first-order valence-electron chi connectivity index (χ1n) is 8.48. The molecular weight excluding hydrogens is 362 g/mol. The van der Waals surface area contributed by atoms with Gasteiger partial charge in [0.2, 0.25) is 5.91 Å². The summed E-state index contributed by atoms with van der Waals surface area (Å²) in [6.45, 7) is 1.50. The topological polar surface area (TPSA) is 98.2 Å². The van der Waals surface area contributed by atoms with Gasteiger partial charge in [-0.1, -0.05) is 0 Å². The molecule has 8 nitrogen and oxygen atoms in total. The van der Waals surface area contributed by atoms with Crippen molar-refractivity contribution >= 4 is 23.7 Å². The molecule has 0 aromatic heterocycles. The monoisotopic (exact) mass is 385 g/mol. The molecule has 8 heteroatoms. The summed E-state index contributed by atoms with van der Waals surface area (Å²) < 4.78 is 15.4. The number of nitrogens with zero attached hydrogens (tertiary/aromatic N) is 1. The molecule has 0 heterocycles. The van der Waals surface area contributed by atoms with Gasteiger partial charge in [0.05, 0.1) is 27.5 Å². The van der Waals surface area contributed by atoms with Crippen molar-refractivity contribution in [2.24, 2.45) is 11.0 Å². The van der Waals surface area contributed by atoms with E-state index in [4.69, 9.17) is 14.2 Å². The summed E-state index contributed by atoms with van der Waals surface area (Å²) in [7, 11) is 4.64. The lowest BCUT2D eigenvalue weighted by Crippen LogP contribution is -2.34. The standard InChI is InChI=1S/C20H23N3O5/c1-13(19(24)22-15-6-9-16(26-2)10-7-15)20(25)23-21-12-14-5-8-17(27-3)11-18(14)28-4/h5-13H,1-4H3,(H,22,24)(H,23,25).